The molecule has 5 rings (SSSR count). The van der Waals surface area contributed by atoms with E-state index in [4.69, 9.17) is 9.57 Å². The molecular formula is C31H42N2O6. The standard InChI is InChI=1S/C31H42N2O6/c1-30-14-12-21(17-20(30)6-9-23-24-10-11-27(35)31(24,2)15-13-25(23)30)33-39-18-28(36)32-26(29(37)38-3)16-19-4-7-22(34)8-5-19/h4-5,7-8,17,23-27,34-35H,6,9-16,18H2,1-3H3,(H,32,36)/t23-,24-,25+,26+,27+,30-,31-/m0/s1. The summed E-state index contributed by atoms with van der Waals surface area (Å²) in [4.78, 5) is 30.2. The topological polar surface area (TPSA) is 117 Å². The highest BCUT2D eigenvalue weighted by atomic mass is 16.6. The Morgan fingerprint density at radius 3 is 2.59 bits per heavy atom. The molecular weight excluding hydrogens is 496 g/mol. The van der Waals surface area contributed by atoms with E-state index in [1.165, 1.54) is 37.7 Å². The molecule has 0 spiro atoms. The van der Waals surface area contributed by atoms with Crippen molar-refractivity contribution in [1.82, 2.24) is 5.32 Å². The van der Waals surface area contributed by atoms with Crippen LogP contribution in [-0.4, -0.2) is 53.7 Å². The highest BCUT2D eigenvalue weighted by Crippen LogP contribution is 2.65. The van der Waals surface area contributed by atoms with Gasteiger partial charge < -0.3 is 25.1 Å². The number of hydrogen-bond acceptors (Lipinski definition) is 7. The number of hydrogen-bond donors (Lipinski definition) is 3. The van der Waals surface area contributed by atoms with Gasteiger partial charge in [0.25, 0.3) is 5.91 Å². The zero-order valence-electron chi connectivity index (χ0n) is 23.3. The number of aliphatic hydroxyl groups is 1. The molecule has 8 nitrogen and oxygen atoms in total. The number of allylic oxidation sites excluding steroid dienone is 2. The number of amides is 1. The minimum atomic E-state index is -0.866. The number of oxime groups is 1. The van der Waals surface area contributed by atoms with Gasteiger partial charge in [-0.05, 0) is 104 Å². The summed E-state index contributed by atoms with van der Waals surface area (Å²) in [5.74, 6) is 1.09. The number of methoxy groups -OCH3 is 1. The molecule has 39 heavy (non-hydrogen) atoms. The molecule has 1 amide bonds. The van der Waals surface area contributed by atoms with Crippen LogP contribution < -0.4 is 5.32 Å². The Labute approximate surface area is 230 Å². The van der Waals surface area contributed by atoms with Gasteiger partial charge in [0, 0.05) is 6.42 Å². The minimum Gasteiger partial charge on any atom is -0.508 e. The van der Waals surface area contributed by atoms with Crippen molar-refractivity contribution >= 4 is 17.6 Å². The molecule has 7 atom stereocenters. The smallest absolute Gasteiger partial charge is 0.328 e. The highest BCUT2D eigenvalue weighted by Gasteiger charge is 2.58. The zero-order valence-corrected chi connectivity index (χ0v) is 23.3. The number of ether oxygens (including phenoxy) is 1. The van der Waals surface area contributed by atoms with Gasteiger partial charge in [-0.2, -0.15) is 0 Å². The van der Waals surface area contributed by atoms with Gasteiger partial charge in [0.2, 0.25) is 0 Å². The molecule has 0 aliphatic heterocycles. The summed E-state index contributed by atoms with van der Waals surface area (Å²) < 4.78 is 4.85. The van der Waals surface area contributed by atoms with E-state index < -0.39 is 17.9 Å². The third-order valence-corrected chi connectivity index (χ3v) is 10.5. The van der Waals surface area contributed by atoms with Gasteiger partial charge >= 0.3 is 5.97 Å². The number of carbonyl (C=O) groups is 2. The van der Waals surface area contributed by atoms with Crippen molar-refractivity contribution in [3.05, 3.63) is 41.5 Å². The van der Waals surface area contributed by atoms with E-state index in [1.807, 2.05) is 0 Å². The van der Waals surface area contributed by atoms with E-state index in [2.05, 4.69) is 30.4 Å². The lowest BCUT2D eigenvalue weighted by Crippen LogP contribution is -2.51. The van der Waals surface area contributed by atoms with E-state index in [0.717, 1.165) is 49.8 Å². The van der Waals surface area contributed by atoms with Gasteiger partial charge in [-0.1, -0.05) is 36.7 Å². The van der Waals surface area contributed by atoms with E-state index in [1.54, 1.807) is 12.1 Å². The number of nitrogens with one attached hydrogen (secondary N) is 1. The van der Waals surface area contributed by atoms with Crippen LogP contribution in [0.1, 0.15) is 70.8 Å². The molecule has 0 heterocycles. The number of phenols is 1. The minimum absolute atomic E-state index is 0.0887. The van der Waals surface area contributed by atoms with Crippen LogP contribution in [0, 0.1) is 28.6 Å². The number of rotatable bonds is 7. The van der Waals surface area contributed by atoms with Crippen molar-refractivity contribution in [3.8, 4) is 5.75 Å². The summed E-state index contributed by atoms with van der Waals surface area (Å²) in [7, 11) is 1.28. The second-order valence-electron chi connectivity index (χ2n) is 12.5. The van der Waals surface area contributed by atoms with Gasteiger partial charge in [0.15, 0.2) is 6.61 Å². The van der Waals surface area contributed by atoms with Crippen LogP contribution in [0.3, 0.4) is 0 Å². The number of phenolic OH excluding ortho intramolecular Hbond substituents is 1. The third kappa shape index (κ3) is 5.32. The largest absolute Gasteiger partial charge is 0.508 e. The average molecular weight is 539 g/mol. The molecule has 0 unspecified atom stereocenters. The van der Waals surface area contributed by atoms with Gasteiger partial charge in [-0.15, -0.1) is 0 Å². The highest BCUT2D eigenvalue weighted by molar-refractivity contribution is 5.96. The van der Waals surface area contributed by atoms with Crippen LogP contribution in [0.2, 0.25) is 0 Å². The Balaban J connectivity index is 1.18. The van der Waals surface area contributed by atoms with Crippen LogP contribution in [0.15, 0.2) is 41.1 Å². The fraction of sp³-hybridized carbons (Fsp3) is 0.645. The number of esters is 1. The van der Waals surface area contributed by atoms with Crippen molar-refractivity contribution in [2.45, 2.75) is 83.8 Å². The molecule has 3 N–H and O–H groups in total. The van der Waals surface area contributed by atoms with Crippen molar-refractivity contribution in [2.24, 2.45) is 33.7 Å². The molecule has 1 aromatic carbocycles. The number of aromatic hydroxyl groups is 1. The van der Waals surface area contributed by atoms with Crippen LogP contribution in [0.5, 0.6) is 5.75 Å². The van der Waals surface area contributed by atoms with Gasteiger partial charge in [0.05, 0.1) is 18.9 Å². The van der Waals surface area contributed by atoms with E-state index in [9.17, 15) is 19.8 Å². The number of benzene rings is 1. The first kappa shape index (κ1) is 27.7. The normalized spacial score (nSPS) is 35.2. The number of fused-ring (bicyclic) bond motifs is 5. The van der Waals surface area contributed by atoms with Gasteiger partial charge in [-0.25, -0.2) is 4.79 Å². The maximum atomic E-state index is 12.5. The molecule has 4 aliphatic rings. The molecule has 0 saturated heterocycles. The van der Waals surface area contributed by atoms with Crippen LogP contribution in [0.25, 0.3) is 0 Å². The van der Waals surface area contributed by atoms with Crippen LogP contribution in [0.4, 0.5) is 0 Å². The van der Waals surface area contributed by atoms with Crippen molar-refractivity contribution < 1.29 is 29.4 Å². The number of nitrogens with zero attached hydrogens (tertiary/aromatic N) is 1. The van der Waals surface area contributed by atoms with Crippen LogP contribution >= 0.6 is 0 Å². The molecule has 4 aliphatic carbocycles. The summed E-state index contributed by atoms with van der Waals surface area (Å²) in [5.41, 5.74) is 3.34. The molecule has 0 radical (unpaired) electrons. The maximum Gasteiger partial charge on any atom is 0.328 e. The van der Waals surface area contributed by atoms with Gasteiger partial charge in [-0.3, -0.25) is 4.79 Å². The summed E-state index contributed by atoms with van der Waals surface area (Å²) in [5, 5.41) is 27.1. The Morgan fingerprint density at radius 1 is 1.08 bits per heavy atom. The van der Waals surface area contributed by atoms with Crippen molar-refractivity contribution in [3.63, 3.8) is 0 Å². The lowest BCUT2D eigenvalue weighted by Gasteiger charge is -2.57. The molecule has 1 aromatic rings. The first-order chi connectivity index (χ1) is 18.6. The molecule has 8 heteroatoms. The molecule has 0 bridgehead atoms. The zero-order chi connectivity index (χ0) is 27.8. The fourth-order valence-electron chi connectivity index (χ4n) is 8.23. The van der Waals surface area contributed by atoms with E-state index in [-0.39, 0.29) is 35.7 Å². The maximum absolute atomic E-state index is 12.5. The Morgan fingerprint density at radius 2 is 1.85 bits per heavy atom. The van der Waals surface area contributed by atoms with E-state index in [0.29, 0.717) is 17.8 Å². The third-order valence-electron chi connectivity index (χ3n) is 10.5. The molecule has 212 valence electrons. The summed E-state index contributed by atoms with van der Waals surface area (Å²) >= 11 is 0. The first-order valence-corrected chi connectivity index (χ1v) is 14.4. The van der Waals surface area contributed by atoms with Crippen molar-refractivity contribution in [2.75, 3.05) is 13.7 Å². The van der Waals surface area contributed by atoms with E-state index >= 15 is 0 Å². The lowest BCUT2D eigenvalue weighted by atomic mass is 9.47. The van der Waals surface area contributed by atoms with Gasteiger partial charge in [0.1, 0.15) is 11.8 Å². The monoisotopic (exact) mass is 538 g/mol. The number of aliphatic hydroxyl groups excluding tert-OH is 1. The number of carbonyl (C=O) groups excluding carboxylic acids is 2. The summed E-state index contributed by atoms with van der Waals surface area (Å²) in [6.07, 6.45) is 10.7. The summed E-state index contributed by atoms with van der Waals surface area (Å²) in [6, 6.07) is 5.59. The molecule has 0 aromatic heterocycles. The van der Waals surface area contributed by atoms with Crippen molar-refractivity contribution in [1.29, 1.82) is 0 Å². The first-order valence-electron chi connectivity index (χ1n) is 14.4. The quantitative estimate of drug-likeness (QED) is 0.352. The molecule has 3 fully saturated rings. The second kappa shape index (κ2) is 11.0. The predicted octanol–water partition coefficient (Wildman–Crippen LogP) is 4.29. The Hall–Kier alpha value is -2.87. The molecule has 3 saturated carbocycles. The predicted molar refractivity (Wildman–Crippen MR) is 147 cm³/mol. The fourth-order valence-corrected chi connectivity index (χ4v) is 8.23. The summed E-state index contributed by atoms with van der Waals surface area (Å²) in [6.45, 7) is 4.45. The second-order valence-corrected chi connectivity index (χ2v) is 12.5. The van der Waals surface area contributed by atoms with Crippen LogP contribution in [-0.2, 0) is 25.6 Å². The lowest BCUT2D eigenvalue weighted by molar-refractivity contribution is -0.145. The average Bonchev–Trinajstić information content (AvgIpc) is 3.23. The Kier molecular flexibility index (Phi) is 7.77. The Bertz CT molecular complexity index is 1150. The SMILES string of the molecule is COC(=O)[C@@H](Cc1ccc(O)cc1)NC(=O)CON=C1C=C2CC[C@@H]3[C@@H](CC[C@]4(C)[C@H](O)CC[C@@H]34)[C@@]2(C)CC1.